The van der Waals surface area contributed by atoms with E-state index >= 15 is 0 Å². The van der Waals surface area contributed by atoms with Crippen LogP contribution in [0.25, 0.3) is 0 Å². The minimum atomic E-state index is 0.156. The van der Waals surface area contributed by atoms with E-state index in [1.807, 2.05) is 0 Å². The van der Waals surface area contributed by atoms with Crippen molar-refractivity contribution in [3.05, 3.63) is 18.5 Å². The Kier molecular flexibility index (Phi) is 2.60. The summed E-state index contributed by atoms with van der Waals surface area (Å²) in [6, 6.07) is 2.21. The van der Waals surface area contributed by atoms with Crippen LogP contribution in [0.3, 0.4) is 0 Å². The average Bonchev–Trinajstić information content (AvgIpc) is 2.47. The number of rotatable bonds is 2. The molecule has 1 fully saturated rings. The Labute approximate surface area is 83.3 Å². The van der Waals surface area contributed by atoms with Crippen LogP contribution in [0.1, 0.15) is 0 Å². The standard InChI is InChI=1S/C9H15N5/c1-14-5-7(10)8(6-14)13-9-11-3-2-4-12-9/h2-4,7-8H,5-6,10H2,1H3,(H,11,12,13). The molecule has 0 bridgehead atoms. The van der Waals surface area contributed by atoms with Crippen LogP contribution in [-0.4, -0.2) is 47.1 Å². The molecule has 2 atom stereocenters. The van der Waals surface area contributed by atoms with E-state index in [9.17, 15) is 0 Å². The minimum Gasteiger partial charge on any atom is -0.349 e. The summed E-state index contributed by atoms with van der Waals surface area (Å²) in [4.78, 5) is 10.4. The molecule has 0 amide bonds. The molecular formula is C9H15N5. The third-order valence-electron chi connectivity index (χ3n) is 2.43. The second-order valence-electron chi connectivity index (χ2n) is 3.71. The number of likely N-dealkylation sites (tertiary alicyclic amines) is 1. The molecule has 0 saturated carbocycles. The minimum absolute atomic E-state index is 0.156. The van der Waals surface area contributed by atoms with Crippen molar-refractivity contribution >= 4 is 5.95 Å². The quantitative estimate of drug-likeness (QED) is 0.664. The van der Waals surface area contributed by atoms with Crippen LogP contribution in [0.15, 0.2) is 18.5 Å². The van der Waals surface area contributed by atoms with Gasteiger partial charge in [0.1, 0.15) is 0 Å². The summed E-state index contributed by atoms with van der Waals surface area (Å²) < 4.78 is 0. The molecule has 0 spiro atoms. The Morgan fingerprint density at radius 1 is 1.43 bits per heavy atom. The van der Waals surface area contributed by atoms with Gasteiger partial charge in [-0.25, -0.2) is 9.97 Å². The molecule has 0 radical (unpaired) electrons. The van der Waals surface area contributed by atoms with E-state index in [1.54, 1.807) is 18.5 Å². The second kappa shape index (κ2) is 3.89. The molecule has 1 aliphatic heterocycles. The highest BCUT2D eigenvalue weighted by molar-refractivity contribution is 5.26. The van der Waals surface area contributed by atoms with Crippen LogP contribution in [-0.2, 0) is 0 Å². The highest BCUT2D eigenvalue weighted by atomic mass is 15.2. The third kappa shape index (κ3) is 2.00. The van der Waals surface area contributed by atoms with Gasteiger partial charge >= 0.3 is 0 Å². The van der Waals surface area contributed by atoms with E-state index in [0.717, 1.165) is 13.1 Å². The van der Waals surface area contributed by atoms with E-state index in [1.165, 1.54) is 0 Å². The van der Waals surface area contributed by atoms with Crippen molar-refractivity contribution in [1.29, 1.82) is 0 Å². The number of hydrogen-bond acceptors (Lipinski definition) is 5. The van der Waals surface area contributed by atoms with E-state index in [4.69, 9.17) is 5.73 Å². The number of nitrogens with zero attached hydrogens (tertiary/aromatic N) is 3. The predicted octanol–water partition coefficient (Wildman–Crippen LogP) is -0.470. The van der Waals surface area contributed by atoms with E-state index in [2.05, 4.69) is 27.2 Å². The Morgan fingerprint density at radius 2 is 2.14 bits per heavy atom. The summed E-state index contributed by atoms with van der Waals surface area (Å²) >= 11 is 0. The Balaban J connectivity index is 1.98. The first-order chi connectivity index (χ1) is 6.75. The monoisotopic (exact) mass is 193 g/mol. The molecule has 1 saturated heterocycles. The number of nitrogens with two attached hydrogens (primary N) is 1. The van der Waals surface area contributed by atoms with Crippen LogP contribution in [0.4, 0.5) is 5.95 Å². The maximum Gasteiger partial charge on any atom is 0.222 e. The Hall–Kier alpha value is -1.20. The number of nitrogens with one attached hydrogen (secondary N) is 1. The molecule has 2 rings (SSSR count). The number of aromatic nitrogens is 2. The lowest BCUT2D eigenvalue weighted by Gasteiger charge is -2.15. The predicted molar refractivity (Wildman–Crippen MR) is 54.9 cm³/mol. The van der Waals surface area contributed by atoms with Gasteiger partial charge in [0, 0.05) is 31.5 Å². The molecular weight excluding hydrogens is 178 g/mol. The Bertz CT molecular complexity index is 289. The van der Waals surface area contributed by atoms with Crippen LogP contribution in [0, 0.1) is 0 Å². The number of likely N-dealkylation sites (N-methyl/N-ethyl adjacent to an activating group) is 1. The van der Waals surface area contributed by atoms with Crippen molar-refractivity contribution in [3.63, 3.8) is 0 Å². The van der Waals surface area contributed by atoms with Gasteiger partial charge in [-0.3, -0.25) is 0 Å². The first kappa shape index (κ1) is 9.36. The lowest BCUT2D eigenvalue weighted by molar-refractivity contribution is 0.409. The number of hydrogen-bond donors (Lipinski definition) is 2. The van der Waals surface area contributed by atoms with Gasteiger partial charge in [-0.05, 0) is 13.1 Å². The van der Waals surface area contributed by atoms with E-state index in [0.29, 0.717) is 5.95 Å². The van der Waals surface area contributed by atoms with Crippen molar-refractivity contribution in [2.24, 2.45) is 5.73 Å². The van der Waals surface area contributed by atoms with Gasteiger partial charge < -0.3 is 16.0 Å². The normalized spacial score (nSPS) is 27.9. The first-order valence-corrected chi connectivity index (χ1v) is 4.73. The Morgan fingerprint density at radius 3 is 2.71 bits per heavy atom. The lowest BCUT2D eigenvalue weighted by Crippen LogP contribution is -2.39. The van der Waals surface area contributed by atoms with Gasteiger partial charge in [0.25, 0.3) is 0 Å². The van der Waals surface area contributed by atoms with Crippen LogP contribution in [0.2, 0.25) is 0 Å². The zero-order valence-electron chi connectivity index (χ0n) is 8.22. The van der Waals surface area contributed by atoms with Gasteiger partial charge in [-0.1, -0.05) is 0 Å². The van der Waals surface area contributed by atoms with Gasteiger partial charge in [0.15, 0.2) is 0 Å². The average molecular weight is 193 g/mol. The summed E-state index contributed by atoms with van der Waals surface area (Å²) in [5, 5.41) is 3.23. The van der Waals surface area contributed by atoms with Crippen molar-refractivity contribution in [3.8, 4) is 0 Å². The molecule has 5 nitrogen and oxygen atoms in total. The van der Waals surface area contributed by atoms with E-state index in [-0.39, 0.29) is 12.1 Å². The molecule has 3 N–H and O–H groups in total. The number of anilines is 1. The van der Waals surface area contributed by atoms with Crippen molar-refractivity contribution < 1.29 is 0 Å². The molecule has 14 heavy (non-hydrogen) atoms. The van der Waals surface area contributed by atoms with Crippen molar-refractivity contribution in [1.82, 2.24) is 14.9 Å². The van der Waals surface area contributed by atoms with Crippen molar-refractivity contribution in [2.75, 3.05) is 25.5 Å². The molecule has 1 aromatic rings. The van der Waals surface area contributed by atoms with Gasteiger partial charge in [0.05, 0.1) is 6.04 Å². The molecule has 2 unspecified atom stereocenters. The molecule has 0 aliphatic carbocycles. The highest BCUT2D eigenvalue weighted by Gasteiger charge is 2.27. The smallest absolute Gasteiger partial charge is 0.222 e. The summed E-state index contributed by atoms with van der Waals surface area (Å²) in [6.45, 7) is 1.87. The van der Waals surface area contributed by atoms with Crippen LogP contribution < -0.4 is 11.1 Å². The zero-order valence-corrected chi connectivity index (χ0v) is 8.22. The molecule has 1 aliphatic rings. The SMILES string of the molecule is CN1CC(N)C(Nc2ncccn2)C1. The second-order valence-corrected chi connectivity index (χ2v) is 3.71. The zero-order chi connectivity index (χ0) is 9.97. The van der Waals surface area contributed by atoms with E-state index < -0.39 is 0 Å². The third-order valence-corrected chi connectivity index (χ3v) is 2.43. The molecule has 0 aromatic carbocycles. The largest absolute Gasteiger partial charge is 0.349 e. The topological polar surface area (TPSA) is 67.1 Å². The van der Waals surface area contributed by atoms with Gasteiger partial charge in [-0.2, -0.15) is 0 Å². The van der Waals surface area contributed by atoms with Crippen LogP contribution >= 0.6 is 0 Å². The summed E-state index contributed by atoms with van der Waals surface area (Å²) in [5.74, 6) is 0.656. The molecule has 1 aromatic heterocycles. The lowest BCUT2D eigenvalue weighted by atomic mass is 10.2. The maximum atomic E-state index is 5.96. The van der Waals surface area contributed by atoms with Crippen LogP contribution in [0.5, 0.6) is 0 Å². The summed E-state index contributed by atoms with van der Waals surface area (Å²) in [5.41, 5.74) is 5.96. The van der Waals surface area contributed by atoms with Gasteiger partial charge in [-0.15, -0.1) is 0 Å². The summed E-state index contributed by atoms with van der Waals surface area (Å²) in [7, 11) is 2.06. The van der Waals surface area contributed by atoms with Gasteiger partial charge in [0.2, 0.25) is 5.95 Å². The van der Waals surface area contributed by atoms with Crippen molar-refractivity contribution in [2.45, 2.75) is 12.1 Å². The highest BCUT2D eigenvalue weighted by Crippen LogP contribution is 2.09. The fourth-order valence-electron chi connectivity index (χ4n) is 1.72. The molecule has 5 heteroatoms. The molecule has 76 valence electrons. The fourth-order valence-corrected chi connectivity index (χ4v) is 1.72. The molecule has 2 heterocycles. The maximum absolute atomic E-state index is 5.96. The first-order valence-electron chi connectivity index (χ1n) is 4.73. The fraction of sp³-hybridized carbons (Fsp3) is 0.556. The summed E-state index contributed by atoms with van der Waals surface area (Å²) in [6.07, 6.45) is 3.44.